The van der Waals surface area contributed by atoms with Crippen LogP contribution < -0.4 is 16.0 Å². The second-order valence-electron chi connectivity index (χ2n) is 11.5. The summed E-state index contributed by atoms with van der Waals surface area (Å²) >= 11 is 0. The van der Waals surface area contributed by atoms with Crippen molar-refractivity contribution in [2.24, 2.45) is 5.92 Å². The number of aliphatic carboxylic acids is 1. The lowest BCUT2D eigenvalue weighted by Gasteiger charge is -2.20. The number of rotatable bonds is 12. The number of carboxylic acids is 1. The molecule has 2 aromatic heterocycles. The Bertz CT molecular complexity index is 1470. The number of hydrogen-bond donors (Lipinski definition) is 5. The quantitative estimate of drug-likeness (QED) is 0.155. The molecule has 1 aliphatic carbocycles. The number of alkyl halides is 3. The number of benzene rings is 1. The van der Waals surface area contributed by atoms with Gasteiger partial charge >= 0.3 is 18.2 Å². The standard InChI is InChI=1S/C31H37F3N6O4/c1-18(2)14-24(25-17-36-26(37-25)11-12-28(42)43)38-27(41)16-19-9-10-23(22(15-19)31(32,33)34)39-30(44)40-29-21(8-5-13-35-29)20-6-3-4-7-20/h5,8-10,13,15,17-18,20,24H,3-4,6-7,11-12,14,16H2,1-2H3,(H,36,37)(H,38,41)(H,42,43)(H2,35,39,40,44). The number of aromatic amines is 1. The average Bonchev–Trinajstić information content (AvgIpc) is 3.65. The maximum atomic E-state index is 14.1. The predicted molar refractivity (Wildman–Crippen MR) is 158 cm³/mol. The molecule has 0 saturated heterocycles. The van der Waals surface area contributed by atoms with E-state index in [1.54, 1.807) is 12.3 Å². The molecule has 0 radical (unpaired) electrons. The number of H-pyrrole nitrogens is 1. The van der Waals surface area contributed by atoms with Gasteiger partial charge in [0, 0.05) is 18.8 Å². The van der Waals surface area contributed by atoms with Gasteiger partial charge in [0.2, 0.25) is 5.91 Å². The third-order valence-corrected chi connectivity index (χ3v) is 7.49. The molecule has 44 heavy (non-hydrogen) atoms. The number of imidazole rings is 1. The topological polar surface area (TPSA) is 149 Å². The van der Waals surface area contributed by atoms with E-state index in [4.69, 9.17) is 5.11 Å². The smallest absolute Gasteiger partial charge is 0.418 e. The van der Waals surface area contributed by atoms with E-state index in [1.807, 2.05) is 19.9 Å². The first-order valence-corrected chi connectivity index (χ1v) is 14.7. The maximum Gasteiger partial charge on any atom is 0.418 e. The Morgan fingerprint density at radius 1 is 1.11 bits per heavy atom. The summed E-state index contributed by atoms with van der Waals surface area (Å²) in [5.74, 6) is -0.287. The fourth-order valence-corrected chi connectivity index (χ4v) is 5.46. The molecular weight excluding hydrogens is 577 g/mol. The highest BCUT2D eigenvalue weighted by molar-refractivity contribution is 6.00. The van der Waals surface area contributed by atoms with Gasteiger partial charge in [0.1, 0.15) is 11.6 Å². The molecule has 1 unspecified atom stereocenters. The Kier molecular flexibility index (Phi) is 10.6. The van der Waals surface area contributed by atoms with Crippen LogP contribution in [-0.2, 0) is 28.6 Å². The molecule has 3 aromatic rings. The third kappa shape index (κ3) is 9.04. The summed E-state index contributed by atoms with van der Waals surface area (Å²) in [6.45, 7) is 3.91. The summed E-state index contributed by atoms with van der Waals surface area (Å²) in [6, 6.07) is 5.63. The molecule has 0 aliphatic heterocycles. The molecule has 10 nitrogen and oxygen atoms in total. The number of urea groups is 1. The first kappa shape index (κ1) is 32.5. The summed E-state index contributed by atoms with van der Waals surface area (Å²) in [5.41, 5.74) is -0.0381. The van der Waals surface area contributed by atoms with E-state index in [0.29, 0.717) is 23.8 Å². The Morgan fingerprint density at radius 3 is 2.55 bits per heavy atom. The van der Waals surface area contributed by atoms with Crippen molar-refractivity contribution < 1.29 is 32.7 Å². The van der Waals surface area contributed by atoms with E-state index in [0.717, 1.165) is 43.4 Å². The number of halogens is 3. The van der Waals surface area contributed by atoms with Gasteiger partial charge in [-0.15, -0.1) is 0 Å². The van der Waals surface area contributed by atoms with Gasteiger partial charge in [0.15, 0.2) is 0 Å². The van der Waals surface area contributed by atoms with Crippen LogP contribution in [0.25, 0.3) is 0 Å². The lowest BCUT2D eigenvalue weighted by atomic mass is 9.98. The fourth-order valence-electron chi connectivity index (χ4n) is 5.46. The normalized spacial score (nSPS) is 14.4. The van der Waals surface area contributed by atoms with Crippen molar-refractivity contribution in [3.63, 3.8) is 0 Å². The largest absolute Gasteiger partial charge is 0.481 e. The van der Waals surface area contributed by atoms with E-state index in [2.05, 4.69) is 30.9 Å². The molecule has 1 aliphatic rings. The first-order valence-electron chi connectivity index (χ1n) is 14.7. The van der Waals surface area contributed by atoms with Crippen LogP contribution in [0.4, 0.5) is 29.5 Å². The zero-order valence-electron chi connectivity index (χ0n) is 24.6. The Hall–Kier alpha value is -4.42. The molecule has 0 bridgehead atoms. The fraction of sp³-hybridized carbons (Fsp3) is 0.452. The van der Waals surface area contributed by atoms with Gasteiger partial charge < -0.3 is 20.7 Å². The van der Waals surface area contributed by atoms with Gasteiger partial charge in [-0.2, -0.15) is 13.2 Å². The number of aromatic nitrogens is 3. The van der Waals surface area contributed by atoms with Gasteiger partial charge in [-0.05, 0) is 60.4 Å². The monoisotopic (exact) mass is 614 g/mol. The van der Waals surface area contributed by atoms with Gasteiger partial charge in [-0.25, -0.2) is 14.8 Å². The van der Waals surface area contributed by atoms with Crippen LogP contribution in [0.15, 0.2) is 42.7 Å². The van der Waals surface area contributed by atoms with Crippen LogP contribution >= 0.6 is 0 Å². The zero-order valence-corrected chi connectivity index (χ0v) is 24.6. The minimum Gasteiger partial charge on any atom is -0.481 e. The SMILES string of the molecule is CC(C)CC(NC(=O)Cc1ccc(NC(=O)Nc2ncccc2C2CCCC2)c(C(F)(F)F)c1)c1c[nH]c(CCC(=O)O)n1. The summed E-state index contributed by atoms with van der Waals surface area (Å²) in [6.07, 6.45) is 2.65. The zero-order chi connectivity index (χ0) is 31.9. The van der Waals surface area contributed by atoms with E-state index >= 15 is 0 Å². The van der Waals surface area contributed by atoms with E-state index < -0.39 is 41.4 Å². The molecule has 5 N–H and O–H groups in total. The van der Waals surface area contributed by atoms with Gasteiger partial charge in [0.25, 0.3) is 0 Å². The lowest BCUT2D eigenvalue weighted by Crippen LogP contribution is -2.31. The lowest BCUT2D eigenvalue weighted by molar-refractivity contribution is -0.137. The Balaban J connectivity index is 1.45. The van der Waals surface area contributed by atoms with Gasteiger partial charge in [-0.1, -0.05) is 38.8 Å². The number of aryl methyl sites for hydroxylation is 1. The highest BCUT2D eigenvalue weighted by atomic mass is 19.4. The number of carbonyl (C=O) groups is 3. The number of anilines is 2. The van der Waals surface area contributed by atoms with E-state index in [9.17, 15) is 27.6 Å². The van der Waals surface area contributed by atoms with Crippen molar-refractivity contribution in [2.45, 2.75) is 83.4 Å². The van der Waals surface area contributed by atoms with Crippen LogP contribution in [0, 0.1) is 5.92 Å². The Labute approximate surface area is 253 Å². The molecule has 1 atom stereocenters. The summed E-state index contributed by atoms with van der Waals surface area (Å²) < 4.78 is 42.2. The highest BCUT2D eigenvalue weighted by Crippen LogP contribution is 2.38. The molecule has 0 spiro atoms. The molecule has 1 fully saturated rings. The number of nitrogens with zero attached hydrogens (tertiary/aromatic N) is 2. The summed E-state index contributed by atoms with van der Waals surface area (Å²) in [7, 11) is 0. The molecule has 13 heteroatoms. The van der Waals surface area contributed by atoms with Crippen molar-refractivity contribution >= 4 is 29.4 Å². The maximum absolute atomic E-state index is 14.1. The molecular formula is C31H37F3N6O4. The van der Waals surface area contributed by atoms with Crippen LogP contribution in [-0.4, -0.2) is 38.0 Å². The van der Waals surface area contributed by atoms with Gasteiger partial charge in [0.05, 0.1) is 35.8 Å². The number of carbonyl (C=O) groups excluding carboxylic acids is 2. The molecule has 1 saturated carbocycles. The number of carboxylic acid groups (broad SMARTS) is 1. The number of amides is 3. The highest BCUT2D eigenvalue weighted by Gasteiger charge is 2.34. The van der Waals surface area contributed by atoms with Crippen molar-refractivity contribution in [3.8, 4) is 0 Å². The predicted octanol–water partition coefficient (Wildman–Crippen LogP) is 6.59. The molecule has 3 amide bonds. The van der Waals surface area contributed by atoms with Crippen LogP contribution in [0.5, 0.6) is 0 Å². The second-order valence-corrected chi connectivity index (χ2v) is 11.5. The molecule has 236 valence electrons. The minimum absolute atomic E-state index is 0.104. The van der Waals surface area contributed by atoms with Crippen molar-refractivity contribution in [3.05, 3.63) is 70.9 Å². The minimum atomic E-state index is -4.79. The van der Waals surface area contributed by atoms with Crippen LogP contribution in [0.1, 0.15) is 92.5 Å². The molecule has 1 aromatic carbocycles. The van der Waals surface area contributed by atoms with Crippen molar-refractivity contribution in [1.29, 1.82) is 0 Å². The number of pyridine rings is 1. The molecule has 2 heterocycles. The third-order valence-electron chi connectivity index (χ3n) is 7.49. The van der Waals surface area contributed by atoms with Crippen LogP contribution in [0.2, 0.25) is 0 Å². The average molecular weight is 615 g/mol. The van der Waals surface area contributed by atoms with Crippen LogP contribution in [0.3, 0.4) is 0 Å². The second kappa shape index (κ2) is 14.4. The number of nitrogens with one attached hydrogen (secondary N) is 4. The van der Waals surface area contributed by atoms with Crippen molar-refractivity contribution in [2.75, 3.05) is 10.6 Å². The Morgan fingerprint density at radius 2 is 1.86 bits per heavy atom. The molecule has 4 rings (SSSR count). The van der Waals surface area contributed by atoms with Crippen molar-refractivity contribution in [1.82, 2.24) is 20.3 Å². The number of hydrogen-bond acceptors (Lipinski definition) is 5. The summed E-state index contributed by atoms with van der Waals surface area (Å²) in [5, 5.41) is 16.7. The first-order chi connectivity index (χ1) is 20.9. The van der Waals surface area contributed by atoms with E-state index in [1.165, 1.54) is 12.3 Å². The van der Waals surface area contributed by atoms with E-state index in [-0.39, 0.29) is 36.7 Å². The summed E-state index contributed by atoms with van der Waals surface area (Å²) in [4.78, 5) is 48.2. The van der Waals surface area contributed by atoms with Gasteiger partial charge in [-0.3, -0.25) is 14.9 Å².